The van der Waals surface area contributed by atoms with Crippen LogP contribution in [0.4, 0.5) is 5.69 Å². The number of nitrogens with two attached hydrogens (primary N) is 1. The molecule has 0 aromatic heterocycles. The van der Waals surface area contributed by atoms with Gasteiger partial charge in [-0.25, -0.2) is 0 Å². The van der Waals surface area contributed by atoms with E-state index in [1.807, 2.05) is 0 Å². The van der Waals surface area contributed by atoms with Crippen molar-refractivity contribution in [3.63, 3.8) is 0 Å². The molecule has 0 fully saturated rings. The molecule has 0 aliphatic heterocycles. The zero-order valence-electron chi connectivity index (χ0n) is 7.21. The van der Waals surface area contributed by atoms with Crippen molar-refractivity contribution in [3.05, 3.63) is 29.3 Å². The number of aliphatic hydroxyl groups excluding tert-OH is 1. The molecule has 1 amide bonds. The van der Waals surface area contributed by atoms with Crippen molar-refractivity contribution in [1.29, 1.82) is 0 Å². The average Bonchev–Trinajstić information content (AvgIpc) is 2.16. The van der Waals surface area contributed by atoms with Gasteiger partial charge in [0, 0.05) is 5.56 Å². The molecular weight excluding hydrogens is 188 g/mol. The maximum absolute atomic E-state index is 10.8. The summed E-state index contributed by atoms with van der Waals surface area (Å²) in [5.74, 6) is -0.705. The molecule has 0 atom stereocenters. The molecular formula is C8H10N2O4. The highest BCUT2D eigenvalue weighted by Gasteiger charge is 2.07. The number of carbonyl (C=O) groups is 1. The fourth-order valence-electron chi connectivity index (χ4n) is 1.02. The molecule has 5 N–H and O–H groups in total. The second-order valence-corrected chi connectivity index (χ2v) is 2.70. The van der Waals surface area contributed by atoms with Gasteiger partial charge in [-0.2, -0.15) is 0 Å². The number of nitrogens with zero attached hydrogens (tertiary/aromatic N) is 1. The summed E-state index contributed by atoms with van der Waals surface area (Å²) in [5.41, 5.74) is 5.43. The fourth-order valence-corrected chi connectivity index (χ4v) is 1.02. The number of primary amides is 1. The van der Waals surface area contributed by atoms with Crippen LogP contribution in [0.1, 0.15) is 15.9 Å². The molecule has 0 saturated heterocycles. The Kier molecular flexibility index (Phi) is 3.03. The maximum atomic E-state index is 10.8. The Labute approximate surface area is 79.7 Å². The summed E-state index contributed by atoms with van der Waals surface area (Å²) in [6.07, 6.45) is 0. The fraction of sp³-hybridized carbons (Fsp3) is 0.125. The van der Waals surface area contributed by atoms with E-state index in [1.165, 1.54) is 18.2 Å². The zero-order chi connectivity index (χ0) is 10.7. The summed E-state index contributed by atoms with van der Waals surface area (Å²) in [6, 6.07) is 3.88. The molecule has 76 valence electrons. The highest BCUT2D eigenvalue weighted by molar-refractivity contribution is 5.94. The van der Waals surface area contributed by atoms with Crippen molar-refractivity contribution in [2.75, 3.05) is 5.23 Å². The van der Waals surface area contributed by atoms with Crippen LogP contribution in [0.5, 0.6) is 0 Å². The average molecular weight is 198 g/mol. The highest BCUT2D eigenvalue weighted by Crippen LogP contribution is 2.16. The first kappa shape index (κ1) is 10.5. The third-order valence-electron chi connectivity index (χ3n) is 1.68. The van der Waals surface area contributed by atoms with E-state index in [1.54, 1.807) is 0 Å². The van der Waals surface area contributed by atoms with Crippen LogP contribution in [-0.2, 0) is 6.61 Å². The Bertz CT molecular complexity index is 351. The van der Waals surface area contributed by atoms with E-state index in [0.717, 1.165) is 0 Å². The van der Waals surface area contributed by atoms with Gasteiger partial charge < -0.3 is 10.8 Å². The molecule has 1 aromatic rings. The monoisotopic (exact) mass is 198 g/mol. The third kappa shape index (κ3) is 2.19. The summed E-state index contributed by atoms with van der Waals surface area (Å²) in [6.45, 7) is -0.318. The van der Waals surface area contributed by atoms with E-state index in [0.29, 0.717) is 5.56 Å². The van der Waals surface area contributed by atoms with E-state index in [9.17, 15) is 4.79 Å². The lowest BCUT2D eigenvalue weighted by Crippen LogP contribution is -2.15. The molecule has 0 saturated carbocycles. The van der Waals surface area contributed by atoms with Gasteiger partial charge in [0.1, 0.15) is 0 Å². The zero-order valence-corrected chi connectivity index (χ0v) is 7.21. The first-order valence-electron chi connectivity index (χ1n) is 3.77. The van der Waals surface area contributed by atoms with Crippen LogP contribution < -0.4 is 11.0 Å². The summed E-state index contributed by atoms with van der Waals surface area (Å²) in [7, 11) is 0. The van der Waals surface area contributed by atoms with Gasteiger partial charge in [-0.05, 0) is 23.8 Å². The quantitative estimate of drug-likeness (QED) is 0.506. The van der Waals surface area contributed by atoms with Crippen LogP contribution in [-0.4, -0.2) is 21.4 Å². The minimum Gasteiger partial charge on any atom is -0.392 e. The molecule has 1 aromatic carbocycles. The van der Waals surface area contributed by atoms with Crippen molar-refractivity contribution >= 4 is 11.6 Å². The lowest BCUT2D eigenvalue weighted by molar-refractivity contribution is 0.0290. The Balaban J connectivity index is 3.20. The first-order valence-corrected chi connectivity index (χ1v) is 3.77. The second kappa shape index (κ2) is 4.05. The standard InChI is InChI=1S/C8H10N2O4/c9-8(12)6-1-5(4-11)2-7(3-6)10(13)14/h1-3,11,13-14H,4H2,(H2,9,12). The number of benzene rings is 1. The summed E-state index contributed by atoms with van der Waals surface area (Å²) < 4.78 is 0. The first-order chi connectivity index (χ1) is 6.54. The Morgan fingerprint density at radius 1 is 1.36 bits per heavy atom. The largest absolute Gasteiger partial charge is 0.392 e. The molecule has 0 radical (unpaired) electrons. The Morgan fingerprint density at radius 3 is 2.43 bits per heavy atom. The minimum absolute atomic E-state index is 0.0367. The van der Waals surface area contributed by atoms with Gasteiger partial charge in [0.05, 0.1) is 12.3 Å². The number of aliphatic hydroxyl groups is 1. The Morgan fingerprint density at radius 2 is 2.00 bits per heavy atom. The number of anilines is 1. The van der Waals surface area contributed by atoms with E-state index in [2.05, 4.69) is 0 Å². The van der Waals surface area contributed by atoms with Crippen molar-refractivity contribution < 1.29 is 20.3 Å². The predicted molar refractivity (Wildman–Crippen MR) is 46.9 cm³/mol. The molecule has 0 unspecified atom stereocenters. The van der Waals surface area contributed by atoms with Crippen LogP contribution in [0.2, 0.25) is 0 Å². The van der Waals surface area contributed by atoms with Gasteiger partial charge in [0.2, 0.25) is 5.91 Å². The van der Waals surface area contributed by atoms with E-state index < -0.39 is 5.91 Å². The van der Waals surface area contributed by atoms with Crippen LogP contribution in [0.25, 0.3) is 0 Å². The lowest BCUT2D eigenvalue weighted by atomic mass is 10.1. The molecule has 0 aliphatic carbocycles. The van der Waals surface area contributed by atoms with Gasteiger partial charge in [-0.15, -0.1) is 5.23 Å². The molecule has 1 rings (SSSR count). The van der Waals surface area contributed by atoms with Crippen molar-refractivity contribution in [2.45, 2.75) is 6.61 Å². The van der Waals surface area contributed by atoms with Crippen molar-refractivity contribution in [1.82, 2.24) is 0 Å². The predicted octanol–water partition coefficient (Wildman–Crippen LogP) is -0.137. The summed E-state index contributed by atoms with van der Waals surface area (Å²) >= 11 is 0. The smallest absolute Gasteiger partial charge is 0.248 e. The number of rotatable bonds is 3. The second-order valence-electron chi connectivity index (χ2n) is 2.70. The van der Waals surface area contributed by atoms with Crippen LogP contribution >= 0.6 is 0 Å². The molecule has 0 spiro atoms. The van der Waals surface area contributed by atoms with Crippen LogP contribution in [0.15, 0.2) is 18.2 Å². The normalized spacial score (nSPS) is 9.93. The molecule has 14 heavy (non-hydrogen) atoms. The van der Waals surface area contributed by atoms with Gasteiger partial charge in [-0.1, -0.05) is 0 Å². The minimum atomic E-state index is -0.705. The van der Waals surface area contributed by atoms with E-state index in [4.69, 9.17) is 21.3 Å². The van der Waals surface area contributed by atoms with Crippen LogP contribution in [0, 0.1) is 0 Å². The summed E-state index contributed by atoms with van der Waals surface area (Å²) in [4.78, 5) is 10.8. The molecule has 0 aliphatic rings. The molecule has 6 nitrogen and oxygen atoms in total. The van der Waals surface area contributed by atoms with Gasteiger partial charge in [0.25, 0.3) is 0 Å². The van der Waals surface area contributed by atoms with Crippen molar-refractivity contribution in [3.8, 4) is 0 Å². The number of amides is 1. The molecule has 0 heterocycles. The number of hydrogen-bond donors (Lipinski definition) is 4. The van der Waals surface area contributed by atoms with Crippen molar-refractivity contribution in [2.24, 2.45) is 5.73 Å². The van der Waals surface area contributed by atoms with Gasteiger partial charge in [-0.3, -0.25) is 15.2 Å². The third-order valence-corrected chi connectivity index (χ3v) is 1.68. The lowest BCUT2D eigenvalue weighted by Gasteiger charge is -2.10. The van der Waals surface area contributed by atoms with Crippen LogP contribution in [0.3, 0.4) is 0 Å². The molecule has 6 heteroatoms. The number of hydrogen-bond acceptors (Lipinski definition) is 5. The topological polar surface area (TPSA) is 107 Å². The molecule has 0 bridgehead atoms. The van der Waals surface area contributed by atoms with Gasteiger partial charge >= 0.3 is 0 Å². The van der Waals surface area contributed by atoms with E-state index in [-0.39, 0.29) is 23.1 Å². The SMILES string of the molecule is NC(=O)c1cc(CO)cc(N(O)O)c1. The number of carbonyl (C=O) groups excluding carboxylic acids is 1. The maximum Gasteiger partial charge on any atom is 0.248 e. The summed E-state index contributed by atoms with van der Waals surface area (Å²) in [5, 5.41) is 26.1. The van der Waals surface area contributed by atoms with E-state index >= 15 is 0 Å². The Hall–Kier alpha value is -1.63. The highest BCUT2D eigenvalue weighted by atomic mass is 16.8. The van der Waals surface area contributed by atoms with Gasteiger partial charge in [0.15, 0.2) is 0 Å².